The summed E-state index contributed by atoms with van der Waals surface area (Å²) in [7, 11) is 3.59. The van der Waals surface area contributed by atoms with Crippen molar-refractivity contribution in [2.24, 2.45) is 5.92 Å². The molecular weight excluding hydrogens is 246 g/mol. The number of hydrogen-bond acceptors (Lipinski definition) is 1. The summed E-state index contributed by atoms with van der Waals surface area (Å²) in [6.45, 7) is 0. The van der Waals surface area contributed by atoms with Gasteiger partial charge in [-0.05, 0) is 29.9 Å². The highest BCUT2D eigenvalue weighted by atomic mass is 16.2. The fraction of sp³-hybridized carbons (Fsp3) is 0.500. The Kier molecular flexibility index (Phi) is 5.40. The summed E-state index contributed by atoms with van der Waals surface area (Å²) in [4.78, 5) is 13.3. The molecule has 20 heavy (non-hydrogen) atoms. The third-order valence-corrected chi connectivity index (χ3v) is 4.04. The van der Waals surface area contributed by atoms with E-state index in [1.807, 2.05) is 0 Å². The van der Waals surface area contributed by atoms with Gasteiger partial charge in [0.15, 0.2) is 0 Å². The van der Waals surface area contributed by atoms with Crippen LogP contribution in [-0.2, 0) is 11.2 Å². The van der Waals surface area contributed by atoms with Crippen molar-refractivity contribution < 1.29 is 4.79 Å². The maximum Gasteiger partial charge on any atom is 0.226 e. The van der Waals surface area contributed by atoms with E-state index in [0.29, 0.717) is 6.42 Å². The summed E-state index contributed by atoms with van der Waals surface area (Å²) >= 11 is 0. The van der Waals surface area contributed by atoms with Crippen LogP contribution >= 0.6 is 0 Å². The van der Waals surface area contributed by atoms with E-state index in [1.54, 1.807) is 19.0 Å². The zero-order chi connectivity index (χ0) is 14.4. The number of allylic oxidation sites excluding steroid dienone is 1. The Hall–Kier alpha value is -1.57. The lowest BCUT2D eigenvalue weighted by Gasteiger charge is -2.17. The van der Waals surface area contributed by atoms with Crippen molar-refractivity contribution in [3.63, 3.8) is 0 Å². The molecule has 0 unspecified atom stereocenters. The summed E-state index contributed by atoms with van der Waals surface area (Å²) in [5, 5.41) is 0. The quantitative estimate of drug-likeness (QED) is 0.813. The zero-order valence-corrected chi connectivity index (χ0v) is 12.6. The lowest BCUT2D eigenvalue weighted by Crippen LogP contribution is -2.23. The fourth-order valence-corrected chi connectivity index (χ4v) is 2.65. The molecule has 0 heterocycles. The first-order chi connectivity index (χ1) is 9.65. The van der Waals surface area contributed by atoms with Gasteiger partial charge in [0, 0.05) is 14.1 Å². The molecule has 1 fully saturated rings. The Balaban J connectivity index is 1.90. The van der Waals surface area contributed by atoms with Crippen LogP contribution in [0.15, 0.2) is 30.3 Å². The summed E-state index contributed by atoms with van der Waals surface area (Å²) in [5.41, 5.74) is 2.31. The lowest BCUT2D eigenvalue weighted by molar-refractivity contribution is -0.127. The van der Waals surface area contributed by atoms with Crippen LogP contribution in [0.3, 0.4) is 0 Å². The predicted molar refractivity (Wildman–Crippen MR) is 84.4 cm³/mol. The topological polar surface area (TPSA) is 20.3 Å². The first kappa shape index (κ1) is 14.8. The Bertz CT molecular complexity index is 453. The third kappa shape index (κ3) is 4.52. The minimum Gasteiger partial charge on any atom is -0.349 e. The Morgan fingerprint density at radius 1 is 1.15 bits per heavy atom. The predicted octanol–water partition coefficient (Wildman–Crippen LogP) is 3.91. The van der Waals surface area contributed by atoms with Crippen molar-refractivity contribution in [1.29, 1.82) is 0 Å². The molecule has 0 aliphatic heterocycles. The van der Waals surface area contributed by atoms with Crippen LogP contribution < -0.4 is 0 Å². The molecule has 1 aliphatic rings. The Morgan fingerprint density at radius 2 is 1.80 bits per heavy atom. The summed E-state index contributed by atoms with van der Waals surface area (Å²) in [5.74, 6) is 0.911. The molecule has 1 amide bonds. The molecule has 2 heteroatoms. The van der Waals surface area contributed by atoms with Gasteiger partial charge in [-0.3, -0.25) is 4.79 Å². The van der Waals surface area contributed by atoms with E-state index in [0.717, 1.165) is 11.5 Å². The van der Waals surface area contributed by atoms with E-state index in [4.69, 9.17) is 0 Å². The van der Waals surface area contributed by atoms with Crippen molar-refractivity contribution in [1.82, 2.24) is 4.90 Å². The SMILES string of the molecule is CN(C)C(=O)Cc1ccc(/C=C/C2CCCCC2)cc1. The monoisotopic (exact) mass is 271 g/mol. The van der Waals surface area contributed by atoms with Crippen LogP contribution in [0.2, 0.25) is 0 Å². The zero-order valence-electron chi connectivity index (χ0n) is 12.6. The van der Waals surface area contributed by atoms with Crippen molar-refractivity contribution >= 4 is 12.0 Å². The molecule has 0 bridgehead atoms. The molecule has 1 saturated carbocycles. The van der Waals surface area contributed by atoms with Gasteiger partial charge in [0.05, 0.1) is 6.42 Å². The molecule has 0 radical (unpaired) electrons. The van der Waals surface area contributed by atoms with Crippen LogP contribution in [0, 0.1) is 5.92 Å². The van der Waals surface area contributed by atoms with Gasteiger partial charge in [-0.15, -0.1) is 0 Å². The van der Waals surface area contributed by atoms with E-state index in [2.05, 4.69) is 36.4 Å². The third-order valence-electron chi connectivity index (χ3n) is 4.04. The van der Waals surface area contributed by atoms with Gasteiger partial charge in [-0.2, -0.15) is 0 Å². The van der Waals surface area contributed by atoms with E-state index < -0.39 is 0 Å². The highest BCUT2D eigenvalue weighted by Gasteiger charge is 2.09. The molecule has 2 rings (SSSR count). The van der Waals surface area contributed by atoms with Gasteiger partial charge in [0.25, 0.3) is 0 Å². The first-order valence-electron chi connectivity index (χ1n) is 7.62. The molecule has 1 aromatic carbocycles. The van der Waals surface area contributed by atoms with Crippen LogP contribution in [0.4, 0.5) is 0 Å². The number of hydrogen-bond donors (Lipinski definition) is 0. The minimum absolute atomic E-state index is 0.149. The van der Waals surface area contributed by atoms with Crippen LogP contribution in [0.1, 0.15) is 43.2 Å². The number of carbonyl (C=O) groups excluding carboxylic acids is 1. The van der Waals surface area contributed by atoms with Gasteiger partial charge < -0.3 is 4.90 Å². The summed E-state index contributed by atoms with van der Waals surface area (Å²) in [6, 6.07) is 8.33. The number of likely N-dealkylation sites (N-methyl/N-ethyl adjacent to an activating group) is 1. The highest BCUT2D eigenvalue weighted by molar-refractivity contribution is 5.78. The second-order valence-electron chi connectivity index (χ2n) is 5.96. The summed E-state index contributed by atoms with van der Waals surface area (Å²) < 4.78 is 0. The standard InChI is InChI=1S/C18H25NO/c1-19(2)18(20)14-17-12-10-16(11-13-17)9-8-15-6-4-3-5-7-15/h8-13,15H,3-7,14H2,1-2H3/b9-8+. The number of rotatable bonds is 4. The van der Waals surface area contributed by atoms with E-state index in [9.17, 15) is 4.79 Å². The van der Waals surface area contributed by atoms with Gasteiger partial charge >= 0.3 is 0 Å². The fourth-order valence-electron chi connectivity index (χ4n) is 2.65. The number of nitrogens with zero attached hydrogens (tertiary/aromatic N) is 1. The minimum atomic E-state index is 0.149. The smallest absolute Gasteiger partial charge is 0.226 e. The second kappa shape index (κ2) is 7.28. The maximum atomic E-state index is 11.6. The Labute approximate surface area is 122 Å². The molecule has 1 aliphatic carbocycles. The van der Waals surface area contributed by atoms with Gasteiger partial charge in [0.1, 0.15) is 0 Å². The molecule has 108 valence electrons. The maximum absolute atomic E-state index is 11.6. The first-order valence-corrected chi connectivity index (χ1v) is 7.62. The van der Waals surface area contributed by atoms with Gasteiger partial charge in [-0.25, -0.2) is 0 Å². The van der Waals surface area contributed by atoms with Crippen LogP contribution in [0.5, 0.6) is 0 Å². The second-order valence-corrected chi connectivity index (χ2v) is 5.96. The molecule has 0 aromatic heterocycles. The van der Waals surface area contributed by atoms with Crippen LogP contribution in [-0.4, -0.2) is 24.9 Å². The van der Waals surface area contributed by atoms with Crippen LogP contribution in [0.25, 0.3) is 6.08 Å². The van der Waals surface area contributed by atoms with Crippen molar-refractivity contribution in [2.45, 2.75) is 38.5 Å². The average molecular weight is 271 g/mol. The molecular formula is C18H25NO. The molecule has 2 nitrogen and oxygen atoms in total. The Morgan fingerprint density at radius 3 is 2.40 bits per heavy atom. The molecule has 1 aromatic rings. The average Bonchev–Trinajstić information content (AvgIpc) is 2.47. The normalized spacial score (nSPS) is 16.5. The molecule has 0 N–H and O–H groups in total. The summed E-state index contributed by atoms with van der Waals surface area (Å²) in [6.07, 6.45) is 11.9. The van der Waals surface area contributed by atoms with E-state index in [-0.39, 0.29) is 5.91 Å². The highest BCUT2D eigenvalue weighted by Crippen LogP contribution is 2.25. The molecule has 0 saturated heterocycles. The molecule has 0 atom stereocenters. The van der Waals surface area contributed by atoms with Gasteiger partial charge in [-0.1, -0.05) is 55.7 Å². The van der Waals surface area contributed by atoms with Crippen molar-refractivity contribution in [3.8, 4) is 0 Å². The largest absolute Gasteiger partial charge is 0.349 e. The lowest BCUT2D eigenvalue weighted by atomic mass is 9.89. The molecule has 0 spiro atoms. The van der Waals surface area contributed by atoms with Gasteiger partial charge in [0.2, 0.25) is 5.91 Å². The van der Waals surface area contributed by atoms with E-state index >= 15 is 0 Å². The van der Waals surface area contributed by atoms with Crippen molar-refractivity contribution in [3.05, 3.63) is 41.5 Å². The number of amides is 1. The van der Waals surface area contributed by atoms with Crippen molar-refractivity contribution in [2.75, 3.05) is 14.1 Å². The number of benzene rings is 1. The van der Waals surface area contributed by atoms with E-state index in [1.165, 1.54) is 37.7 Å². The number of carbonyl (C=O) groups is 1.